The predicted molar refractivity (Wildman–Crippen MR) is 134 cm³/mol. The number of aryl methyl sites for hydroxylation is 1. The first-order valence-corrected chi connectivity index (χ1v) is 12.4. The number of nitrogens with zero attached hydrogens (tertiary/aromatic N) is 2. The minimum absolute atomic E-state index is 0.0176. The molecule has 1 aliphatic rings. The second-order valence-corrected chi connectivity index (χ2v) is 10.2. The zero-order valence-electron chi connectivity index (χ0n) is 21.0. The number of carbonyl (C=O) groups is 1. The van der Waals surface area contributed by atoms with Gasteiger partial charge in [0, 0.05) is 37.7 Å². The Morgan fingerprint density at radius 2 is 1.81 bits per heavy atom. The second kappa shape index (κ2) is 10.9. The fraction of sp³-hybridized carbons (Fsp3) is 0.414. The van der Waals surface area contributed by atoms with Crippen molar-refractivity contribution in [1.29, 1.82) is 0 Å². The molecule has 2 unspecified atom stereocenters. The topological polar surface area (TPSA) is 36.7 Å². The molecule has 2 atom stereocenters. The molecule has 2 aromatic carbocycles. The van der Waals surface area contributed by atoms with E-state index in [1.165, 1.54) is 12.1 Å². The Morgan fingerprint density at radius 1 is 1.06 bits per heavy atom. The average molecular weight is 499 g/mol. The molecule has 0 spiro atoms. The van der Waals surface area contributed by atoms with E-state index >= 15 is 0 Å². The van der Waals surface area contributed by atoms with E-state index in [0.717, 1.165) is 17.6 Å². The summed E-state index contributed by atoms with van der Waals surface area (Å²) in [5.41, 5.74) is 0.637. The normalized spacial score (nSPS) is 18.6. The third-order valence-corrected chi connectivity index (χ3v) is 6.68. The number of alkyl halides is 3. The van der Waals surface area contributed by atoms with Gasteiger partial charge in [-0.1, -0.05) is 50.2 Å². The zero-order valence-corrected chi connectivity index (χ0v) is 21.0. The third-order valence-electron chi connectivity index (χ3n) is 6.68. The fourth-order valence-electron chi connectivity index (χ4n) is 5.12. The van der Waals surface area contributed by atoms with E-state index in [0.29, 0.717) is 43.9 Å². The maximum Gasteiger partial charge on any atom is 0.416 e. The molecular weight excluding hydrogens is 465 g/mol. The van der Waals surface area contributed by atoms with E-state index in [1.807, 2.05) is 42.2 Å². The fourth-order valence-corrected chi connectivity index (χ4v) is 5.12. The molecule has 0 N–H and O–H groups in total. The van der Waals surface area contributed by atoms with Crippen molar-refractivity contribution >= 4 is 5.91 Å². The van der Waals surface area contributed by atoms with Crippen molar-refractivity contribution in [2.75, 3.05) is 26.2 Å². The summed E-state index contributed by atoms with van der Waals surface area (Å²) >= 11 is 0. The molecule has 4 rings (SSSR count). The molecule has 1 aliphatic heterocycles. The molecule has 192 valence electrons. The Kier molecular flexibility index (Phi) is 7.88. The molecule has 3 aromatic rings. The highest BCUT2D eigenvalue weighted by atomic mass is 19.4. The number of furan rings is 1. The molecular formula is C29H33F3N2O2. The van der Waals surface area contributed by atoms with Crippen molar-refractivity contribution in [2.45, 2.75) is 39.4 Å². The number of amides is 1. The quantitative estimate of drug-likeness (QED) is 0.350. The van der Waals surface area contributed by atoms with Gasteiger partial charge in [0.15, 0.2) is 0 Å². The summed E-state index contributed by atoms with van der Waals surface area (Å²) in [4.78, 5) is 17.5. The van der Waals surface area contributed by atoms with E-state index in [2.05, 4.69) is 18.7 Å². The maximum absolute atomic E-state index is 13.5. The first-order valence-electron chi connectivity index (χ1n) is 12.4. The Hall–Kier alpha value is -3.06. The molecule has 1 fully saturated rings. The van der Waals surface area contributed by atoms with Crippen LogP contribution in [0, 0.1) is 18.8 Å². The van der Waals surface area contributed by atoms with Crippen LogP contribution in [0.4, 0.5) is 13.2 Å². The third kappa shape index (κ3) is 6.38. The van der Waals surface area contributed by atoms with Gasteiger partial charge >= 0.3 is 6.18 Å². The van der Waals surface area contributed by atoms with Crippen molar-refractivity contribution < 1.29 is 22.4 Å². The van der Waals surface area contributed by atoms with Gasteiger partial charge in [0.1, 0.15) is 11.5 Å². The van der Waals surface area contributed by atoms with Crippen LogP contribution in [0.3, 0.4) is 0 Å². The van der Waals surface area contributed by atoms with Crippen molar-refractivity contribution in [3.63, 3.8) is 0 Å². The number of carbonyl (C=O) groups excluding carboxylic acids is 1. The summed E-state index contributed by atoms with van der Waals surface area (Å²) in [5.74, 6) is 1.71. The summed E-state index contributed by atoms with van der Waals surface area (Å²) in [6.45, 7) is 8.92. The molecule has 7 heteroatoms. The first-order chi connectivity index (χ1) is 17.1. The van der Waals surface area contributed by atoms with Crippen LogP contribution in [0.2, 0.25) is 0 Å². The van der Waals surface area contributed by atoms with Crippen LogP contribution in [-0.2, 0) is 12.7 Å². The van der Waals surface area contributed by atoms with Gasteiger partial charge in [0.25, 0.3) is 5.91 Å². The highest BCUT2D eigenvalue weighted by Gasteiger charge is 2.38. The van der Waals surface area contributed by atoms with Gasteiger partial charge in [-0.05, 0) is 54.7 Å². The zero-order chi connectivity index (χ0) is 25.9. The lowest BCUT2D eigenvalue weighted by Crippen LogP contribution is -2.39. The van der Waals surface area contributed by atoms with Gasteiger partial charge < -0.3 is 9.32 Å². The molecule has 0 saturated carbocycles. The number of hydrogen-bond donors (Lipinski definition) is 0. The lowest BCUT2D eigenvalue weighted by molar-refractivity contribution is -0.137. The molecule has 1 amide bonds. The van der Waals surface area contributed by atoms with Gasteiger partial charge in [0.05, 0.1) is 12.1 Å². The van der Waals surface area contributed by atoms with E-state index in [9.17, 15) is 18.0 Å². The van der Waals surface area contributed by atoms with Crippen LogP contribution in [0.1, 0.15) is 52.8 Å². The smallest absolute Gasteiger partial charge is 0.416 e. The number of likely N-dealkylation sites (tertiary alicyclic amines) is 1. The van der Waals surface area contributed by atoms with Crippen LogP contribution in [0.25, 0.3) is 0 Å². The Bertz CT molecular complexity index is 1160. The Morgan fingerprint density at radius 3 is 2.44 bits per heavy atom. The average Bonchev–Trinajstić information content (AvgIpc) is 3.43. The predicted octanol–water partition coefficient (Wildman–Crippen LogP) is 6.62. The van der Waals surface area contributed by atoms with Crippen LogP contribution >= 0.6 is 0 Å². The number of halogens is 3. The van der Waals surface area contributed by atoms with Crippen molar-refractivity contribution in [3.05, 3.63) is 94.9 Å². The SMILES string of the molecule is Cc1ccc(CN2CC(CN(CC(C)C)C(=O)c3ccccc3)C(c3cccc(C(F)(F)F)c3)C2)o1. The van der Waals surface area contributed by atoms with E-state index < -0.39 is 11.7 Å². The summed E-state index contributed by atoms with van der Waals surface area (Å²) in [6.07, 6.45) is -4.40. The van der Waals surface area contributed by atoms with Crippen LogP contribution < -0.4 is 0 Å². The van der Waals surface area contributed by atoms with Gasteiger partial charge in [-0.15, -0.1) is 0 Å². The van der Waals surface area contributed by atoms with E-state index in [4.69, 9.17) is 4.42 Å². The lowest BCUT2D eigenvalue weighted by Gasteiger charge is -2.30. The van der Waals surface area contributed by atoms with Gasteiger partial charge in [-0.25, -0.2) is 0 Å². The van der Waals surface area contributed by atoms with Crippen molar-refractivity contribution in [2.24, 2.45) is 11.8 Å². The van der Waals surface area contributed by atoms with Crippen LogP contribution in [-0.4, -0.2) is 41.9 Å². The summed E-state index contributed by atoms with van der Waals surface area (Å²) in [5, 5.41) is 0. The molecule has 1 aromatic heterocycles. The Labute approximate surface area is 210 Å². The first kappa shape index (κ1) is 26.0. The monoisotopic (exact) mass is 498 g/mol. The molecule has 0 radical (unpaired) electrons. The summed E-state index contributed by atoms with van der Waals surface area (Å²) < 4.78 is 46.2. The number of hydrogen-bond acceptors (Lipinski definition) is 3. The van der Waals surface area contributed by atoms with Crippen LogP contribution in [0.5, 0.6) is 0 Å². The molecule has 36 heavy (non-hydrogen) atoms. The van der Waals surface area contributed by atoms with Gasteiger partial charge in [0.2, 0.25) is 0 Å². The van der Waals surface area contributed by atoms with Crippen LogP contribution in [0.15, 0.2) is 71.1 Å². The van der Waals surface area contributed by atoms with E-state index in [-0.39, 0.29) is 23.7 Å². The highest BCUT2D eigenvalue weighted by Crippen LogP contribution is 2.37. The van der Waals surface area contributed by atoms with Crippen molar-refractivity contribution in [1.82, 2.24) is 9.80 Å². The minimum Gasteiger partial charge on any atom is -0.465 e. The number of rotatable bonds is 8. The Balaban J connectivity index is 1.62. The van der Waals surface area contributed by atoms with Gasteiger partial charge in [-0.2, -0.15) is 13.2 Å². The maximum atomic E-state index is 13.5. The molecule has 1 saturated heterocycles. The standard InChI is InChI=1S/C29H33F3N2O2/c1-20(2)15-34(28(35)22-8-5-4-6-9-22)17-24-16-33(18-26-13-12-21(3)36-26)19-27(24)23-10-7-11-25(14-23)29(30,31)32/h4-14,20,24,27H,15-19H2,1-3H3. The summed E-state index contributed by atoms with van der Waals surface area (Å²) in [6, 6.07) is 18.7. The largest absolute Gasteiger partial charge is 0.465 e. The molecule has 0 aliphatic carbocycles. The molecule has 0 bridgehead atoms. The highest BCUT2D eigenvalue weighted by molar-refractivity contribution is 5.94. The van der Waals surface area contributed by atoms with Crippen molar-refractivity contribution in [3.8, 4) is 0 Å². The summed E-state index contributed by atoms with van der Waals surface area (Å²) in [7, 11) is 0. The molecule has 4 nitrogen and oxygen atoms in total. The van der Waals surface area contributed by atoms with Gasteiger partial charge in [-0.3, -0.25) is 9.69 Å². The molecule has 2 heterocycles. The second-order valence-electron chi connectivity index (χ2n) is 10.2. The number of benzene rings is 2. The lowest BCUT2D eigenvalue weighted by atomic mass is 9.87. The van der Waals surface area contributed by atoms with E-state index in [1.54, 1.807) is 18.2 Å². The minimum atomic E-state index is -4.40.